The van der Waals surface area contributed by atoms with E-state index < -0.39 is 5.97 Å². The molecule has 1 fully saturated rings. The van der Waals surface area contributed by atoms with Crippen molar-refractivity contribution in [1.82, 2.24) is 14.9 Å². The molecule has 2 aromatic carbocycles. The predicted molar refractivity (Wildman–Crippen MR) is 113 cm³/mol. The second-order valence-electron chi connectivity index (χ2n) is 7.26. The first-order chi connectivity index (χ1) is 14.2. The van der Waals surface area contributed by atoms with Gasteiger partial charge in [-0.3, -0.25) is 9.88 Å². The summed E-state index contributed by atoms with van der Waals surface area (Å²) in [4.78, 5) is 22.9. The van der Waals surface area contributed by atoms with Gasteiger partial charge in [0.05, 0.1) is 29.7 Å². The van der Waals surface area contributed by atoms with Crippen molar-refractivity contribution in [2.24, 2.45) is 0 Å². The summed E-state index contributed by atoms with van der Waals surface area (Å²) in [6.45, 7) is 1.86. The van der Waals surface area contributed by atoms with Gasteiger partial charge in [0, 0.05) is 13.6 Å². The van der Waals surface area contributed by atoms with E-state index in [0.717, 1.165) is 48.6 Å². The fourth-order valence-corrected chi connectivity index (χ4v) is 3.96. The molecule has 1 atom stereocenters. The van der Waals surface area contributed by atoms with E-state index in [0.29, 0.717) is 5.56 Å². The minimum Gasteiger partial charge on any atom is -0.478 e. The van der Waals surface area contributed by atoms with Gasteiger partial charge >= 0.3 is 5.97 Å². The summed E-state index contributed by atoms with van der Waals surface area (Å²) in [5.41, 5.74) is 4.18. The zero-order valence-electron chi connectivity index (χ0n) is 16.4. The molecule has 148 valence electrons. The Labute approximate surface area is 170 Å². The summed E-state index contributed by atoms with van der Waals surface area (Å²) >= 11 is 0. The van der Waals surface area contributed by atoms with E-state index in [9.17, 15) is 9.90 Å². The van der Waals surface area contributed by atoms with Crippen LogP contribution in [0.5, 0.6) is 0 Å². The molecular weight excluding hydrogens is 364 g/mol. The largest absolute Gasteiger partial charge is 0.478 e. The standard InChI is InChI=1S/C23H24N4O2/c1-24-22-14-25-13-20(26-22)21-7-4-12-27(21)15-16-8-10-17(11-9-16)18-5-2-3-6-19(18)23(28)29/h2-3,5-6,8-11,13-14,21H,4,7,12,15H2,1H3,(H,24,26)(H,28,29). The number of hydrogen-bond acceptors (Lipinski definition) is 5. The summed E-state index contributed by atoms with van der Waals surface area (Å²) < 4.78 is 0. The molecule has 1 saturated heterocycles. The van der Waals surface area contributed by atoms with Crippen molar-refractivity contribution in [1.29, 1.82) is 0 Å². The number of carboxylic acid groups (broad SMARTS) is 1. The van der Waals surface area contributed by atoms with Gasteiger partial charge in [-0.1, -0.05) is 42.5 Å². The van der Waals surface area contributed by atoms with Crippen molar-refractivity contribution in [3.63, 3.8) is 0 Å². The van der Waals surface area contributed by atoms with Crippen molar-refractivity contribution in [2.75, 3.05) is 18.9 Å². The second kappa shape index (κ2) is 8.41. The van der Waals surface area contributed by atoms with Gasteiger partial charge in [-0.2, -0.15) is 0 Å². The van der Waals surface area contributed by atoms with E-state index in [1.165, 1.54) is 5.56 Å². The van der Waals surface area contributed by atoms with Crippen molar-refractivity contribution >= 4 is 11.8 Å². The third kappa shape index (κ3) is 4.12. The number of likely N-dealkylation sites (tertiary alicyclic amines) is 1. The SMILES string of the molecule is CNc1cncc(C2CCCN2Cc2ccc(-c3ccccc3C(=O)O)cc2)n1. The smallest absolute Gasteiger partial charge is 0.336 e. The van der Waals surface area contributed by atoms with Gasteiger partial charge in [0.15, 0.2) is 0 Å². The normalized spacial score (nSPS) is 16.7. The number of hydrogen-bond donors (Lipinski definition) is 2. The van der Waals surface area contributed by atoms with Crippen LogP contribution in [-0.4, -0.2) is 39.5 Å². The van der Waals surface area contributed by atoms with Crippen molar-refractivity contribution < 1.29 is 9.90 Å². The van der Waals surface area contributed by atoms with Crippen LogP contribution < -0.4 is 5.32 Å². The van der Waals surface area contributed by atoms with Gasteiger partial charge in [-0.25, -0.2) is 9.78 Å². The molecule has 6 nitrogen and oxygen atoms in total. The third-order valence-corrected chi connectivity index (χ3v) is 5.42. The third-order valence-electron chi connectivity index (χ3n) is 5.42. The quantitative estimate of drug-likeness (QED) is 0.658. The Morgan fingerprint density at radius 1 is 1.17 bits per heavy atom. The maximum absolute atomic E-state index is 11.5. The van der Waals surface area contributed by atoms with E-state index in [1.807, 2.05) is 37.5 Å². The molecule has 6 heteroatoms. The van der Waals surface area contributed by atoms with Crippen LogP contribution in [0.1, 0.15) is 40.5 Å². The van der Waals surface area contributed by atoms with Crippen LogP contribution in [0.15, 0.2) is 60.9 Å². The first kappa shape index (κ1) is 19.1. The molecule has 0 spiro atoms. The molecule has 0 bridgehead atoms. The number of aromatic nitrogens is 2. The first-order valence-electron chi connectivity index (χ1n) is 9.81. The van der Waals surface area contributed by atoms with Crippen LogP contribution in [0.4, 0.5) is 5.82 Å². The molecule has 1 aliphatic heterocycles. The monoisotopic (exact) mass is 388 g/mol. The Kier molecular flexibility index (Phi) is 5.53. The molecule has 1 unspecified atom stereocenters. The average Bonchev–Trinajstić information content (AvgIpc) is 3.22. The molecule has 3 aromatic rings. The zero-order valence-corrected chi connectivity index (χ0v) is 16.4. The lowest BCUT2D eigenvalue weighted by Crippen LogP contribution is -2.23. The molecule has 29 heavy (non-hydrogen) atoms. The molecule has 0 aliphatic carbocycles. The number of nitrogens with zero attached hydrogens (tertiary/aromatic N) is 3. The van der Waals surface area contributed by atoms with E-state index in [1.54, 1.807) is 18.3 Å². The van der Waals surface area contributed by atoms with E-state index in [4.69, 9.17) is 0 Å². The van der Waals surface area contributed by atoms with Gasteiger partial charge in [-0.05, 0) is 42.1 Å². The van der Waals surface area contributed by atoms with Gasteiger partial charge in [0.1, 0.15) is 5.82 Å². The summed E-state index contributed by atoms with van der Waals surface area (Å²) in [7, 11) is 1.85. The van der Waals surface area contributed by atoms with Gasteiger partial charge in [-0.15, -0.1) is 0 Å². The van der Waals surface area contributed by atoms with Crippen LogP contribution in [-0.2, 0) is 6.54 Å². The Morgan fingerprint density at radius 2 is 1.97 bits per heavy atom. The van der Waals surface area contributed by atoms with Crippen molar-refractivity contribution in [3.05, 3.63) is 77.7 Å². The van der Waals surface area contributed by atoms with E-state index >= 15 is 0 Å². The van der Waals surface area contributed by atoms with Crippen molar-refractivity contribution in [2.45, 2.75) is 25.4 Å². The van der Waals surface area contributed by atoms with Crippen LogP contribution in [0, 0.1) is 0 Å². The minimum absolute atomic E-state index is 0.267. The highest BCUT2D eigenvalue weighted by atomic mass is 16.4. The zero-order chi connectivity index (χ0) is 20.2. The summed E-state index contributed by atoms with van der Waals surface area (Å²) in [6.07, 6.45) is 5.80. The Hall–Kier alpha value is -3.25. The van der Waals surface area contributed by atoms with Gasteiger partial charge < -0.3 is 10.4 Å². The average molecular weight is 388 g/mol. The summed E-state index contributed by atoms with van der Waals surface area (Å²) in [6, 6.07) is 15.5. The van der Waals surface area contributed by atoms with Crippen molar-refractivity contribution in [3.8, 4) is 11.1 Å². The molecule has 0 amide bonds. The number of rotatable bonds is 6. The highest BCUT2D eigenvalue weighted by molar-refractivity contribution is 5.95. The number of benzene rings is 2. The second-order valence-corrected chi connectivity index (χ2v) is 7.26. The number of carbonyl (C=O) groups is 1. The Balaban J connectivity index is 1.52. The molecule has 2 heterocycles. The molecule has 2 N–H and O–H groups in total. The van der Waals surface area contributed by atoms with E-state index in [2.05, 4.69) is 32.3 Å². The fraction of sp³-hybridized carbons (Fsp3) is 0.261. The number of aromatic carboxylic acids is 1. The lowest BCUT2D eigenvalue weighted by atomic mass is 9.98. The number of nitrogens with one attached hydrogen (secondary N) is 1. The van der Waals surface area contributed by atoms with Crippen LogP contribution in [0.3, 0.4) is 0 Å². The molecule has 1 aromatic heterocycles. The van der Waals surface area contributed by atoms with Crippen LogP contribution >= 0.6 is 0 Å². The topological polar surface area (TPSA) is 78.4 Å². The summed E-state index contributed by atoms with van der Waals surface area (Å²) in [5, 5.41) is 12.5. The first-order valence-corrected chi connectivity index (χ1v) is 9.81. The molecule has 4 rings (SSSR count). The number of anilines is 1. The lowest BCUT2D eigenvalue weighted by molar-refractivity contribution is 0.0697. The van der Waals surface area contributed by atoms with Gasteiger partial charge in [0.2, 0.25) is 0 Å². The highest BCUT2D eigenvalue weighted by Crippen LogP contribution is 2.32. The minimum atomic E-state index is -0.908. The maximum Gasteiger partial charge on any atom is 0.336 e. The van der Waals surface area contributed by atoms with Crippen LogP contribution in [0.25, 0.3) is 11.1 Å². The highest BCUT2D eigenvalue weighted by Gasteiger charge is 2.27. The predicted octanol–water partition coefficient (Wildman–Crippen LogP) is 4.22. The van der Waals surface area contributed by atoms with Crippen LogP contribution in [0.2, 0.25) is 0 Å². The van der Waals surface area contributed by atoms with Gasteiger partial charge in [0.25, 0.3) is 0 Å². The lowest BCUT2D eigenvalue weighted by Gasteiger charge is -2.24. The summed E-state index contributed by atoms with van der Waals surface area (Å²) in [5.74, 6) is -0.120. The Bertz CT molecular complexity index is 1000. The molecule has 0 radical (unpaired) electrons. The molecule has 1 aliphatic rings. The number of carboxylic acids is 1. The molecular formula is C23H24N4O2. The fourth-order valence-electron chi connectivity index (χ4n) is 3.96. The Morgan fingerprint density at radius 3 is 2.72 bits per heavy atom. The van der Waals surface area contributed by atoms with E-state index in [-0.39, 0.29) is 6.04 Å². The molecule has 0 saturated carbocycles. The maximum atomic E-state index is 11.5.